The number of hydrogen-bond donors (Lipinski definition) is 1. The predicted octanol–water partition coefficient (Wildman–Crippen LogP) is 2.84. The zero-order valence-corrected chi connectivity index (χ0v) is 16.3. The van der Waals surface area contributed by atoms with Crippen molar-refractivity contribution >= 4 is 16.3 Å². The molecule has 0 unspecified atom stereocenters. The molecule has 0 spiro atoms. The number of thiazole rings is 1. The molecule has 4 rings (SSSR count). The van der Waals surface area contributed by atoms with Crippen LogP contribution in [0, 0.1) is 13.8 Å². The lowest BCUT2D eigenvalue weighted by Gasteiger charge is -2.39. The van der Waals surface area contributed by atoms with Gasteiger partial charge in [0.2, 0.25) is 10.8 Å². The van der Waals surface area contributed by atoms with Crippen LogP contribution >= 0.6 is 11.3 Å². The van der Waals surface area contributed by atoms with Crippen LogP contribution in [-0.4, -0.2) is 62.2 Å². The van der Waals surface area contributed by atoms with Crippen LogP contribution in [0.5, 0.6) is 5.88 Å². The van der Waals surface area contributed by atoms with Crippen LogP contribution in [-0.2, 0) is 0 Å². The van der Waals surface area contributed by atoms with Crippen molar-refractivity contribution in [3.8, 4) is 5.88 Å². The molecule has 1 aliphatic heterocycles. The Kier molecular flexibility index (Phi) is 4.69. The molecule has 1 aromatic carbocycles. The second-order valence-electron chi connectivity index (χ2n) is 6.87. The Bertz CT molecular complexity index is 910. The molecule has 0 amide bonds. The summed E-state index contributed by atoms with van der Waals surface area (Å²) in [6.07, 6.45) is 0. The average molecular weight is 372 g/mol. The molecule has 138 valence electrons. The topological polar surface area (TPSA) is 56.9 Å². The largest absolute Gasteiger partial charge is 0.492 e. The number of piperazine rings is 1. The van der Waals surface area contributed by atoms with Gasteiger partial charge in [-0.25, -0.2) is 4.98 Å². The molecule has 26 heavy (non-hydrogen) atoms. The van der Waals surface area contributed by atoms with Gasteiger partial charge >= 0.3 is 0 Å². The highest BCUT2D eigenvalue weighted by Crippen LogP contribution is 2.41. The molecule has 3 heterocycles. The van der Waals surface area contributed by atoms with Gasteiger partial charge in [-0.15, -0.1) is 5.10 Å². The standard InChI is InChI=1S/C19H25N5OS/c1-4-22-9-11-23(12-10-22)16(15-8-6-5-7-13(15)2)17-18(25)24-19(26-17)20-14(3)21-24/h5-8,16,25H,4,9-12H2,1-3H3/t16-/m0/s1. The van der Waals surface area contributed by atoms with Crippen molar-refractivity contribution in [3.63, 3.8) is 0 Å². The lowest BCUT2D eigenvalue weighted by atomic mass is 9.98. The van der Waals surface area contributed by atoms with Crippen molar-refractivity contribution in [1.29, 1.82) is 0 Å². The number of benzene rings is 1. The first-order valence-electron chi connectivity index (χ1n) is 9.15. The zero-order chi connectivity index (χ0) is 18.3. The van der Waals surface area contributed by atoms with Crippen LogP contribution in [0.2, 0.25) is 0 Å². The molecule has 7 heteroatoms. The molecule has 3 aromatic rings. The van der Waals surface area contributed by atoms with Crippen molar-refractivity contribution < 1.29 is 5.11 Å². The van der Waals surface area contributed by atoms with Crippen molar-refractivity contribution in [2.75, 3.05) is 32.7 Å². The minimum Gasteiger partial charge on any atom is -0.492 e. The average Bonchev–Trinajstić information content (AvgIpc) is 3.15. The van der Waals surface area contributed by atoms with E-state index in [-0.39, 0.29) is 11.9 Å². The van der Waals surface area contributed by atoms with E-state index in [1.165, 1.54) is 11.1 Å². The molecule has 1 fully saturated rings. The maximum atomic E-state index is 10.9. The Labute approximate surface area is 157 Å². The molecule has 1 atom stereocenters. The first-order chi connectivity index (χ1) is 12.6. The second kappa shape index (κ2) is 6.98. The third kappa shape index (κ3) is 3.00. The highest BCUT2D eigenvalue weighted by Gasteiger charge is 2.32. The van der Waals surface area contributed by atoms with Crippen LogP contribution in [0.25, 0.3) is 4.96 Å². The summed E-state index contributed by atoms with van der Waals surface area (Å²) in [6.45, 7) is 11.4. The summed E-state index contributed by atoms with van der Waals surface area (Å²) < 4.78 is 1.57. The van der Waals surface area contributed by atoms with E-state index in [1.807, 2.05) is 6.92 Å². The number of aromatic hydroxyl groups is 1. The van der Waals surface area contributed by atoms with Crippen molar-refractivity contribution in [1.82, 2.24) is 24.4 Å². The third-order valence-electron chi connectivity index (χ3n) is 5.26. The van der Waals surface area contributed by atoms with E-state index >= 15 is 0 Å². The van der Waals surface area contributed by atoms with Gasteiger partial charge in [0.1, 0.15) is 5.82 Å². The highest BCUT2D eigenvalue weighted by atomic mass is 32.1. The maximum Gasteiger partial charge on any atom is 0.230 e. The minimum atomic E-state index is 0.0315. The zero-order valence-electron chi connectivity index (χ0n) is 15.5. The monoisotopic (exact) mass is 371 g/mol. The molecular weight excluding hydrogens is 346 g/mol. The van der Waals surface area contributed by atoms with Gasteiger partial charge in [0.25, 0.3) is 0 Å². The van der Waals surface area contributed by atoms with E-state index in [1.54, 1.807) is 15.9 Å². The molecule has 1 saturated heterocycles. The Morgan fingerprint density at radius 1 is 1.15 bits per heavy atom. The lowest BCUT2D eigenvalue weighted by Crippen LogP contribution is -2.47. The summed E-state index contributed by atoms with van der Waals surface area (Å²) in [7, 11) is 0. The highest BCUT2D eigenvalue weighted by molar-refractivity contribution is 7.17. The molecule has 0 aliphatic carbocycles. The molecular formula is C19H25N5OS. The van der Waals surface area contributed by atoms with Crippen LogP contribution in [0.1, 0.15) is 34.8 Å². The smallest absolute Gasteiger partial charge is 0.230 e. The van der Waals surface area contributed by atoms with Gasteiger partial charge in [-0.1, -0.05) is 42.5 Å². The first-order valence-corrected chi connectivity index (χ1v) is 9.97. The number of likely N-dealkylation sites (N-methyl/N-ethyl adjacent to an activating group) is 1. The van der Waals surface area contributed by atoms with Crippen molar-refractivity contribution in [3.05, 3.63) is 46.1 Å². The van der Waals surface area contributed by atoms with Gasteiger partial charge in [0.05, 0.1) is 10.9 Å². The van der Waals surface area contributed by atoms with E-state index in [2.05, 4.69) is 58.0 Å². The fourth-order valence-electron chi connectivity index (χ4n) is 3.76. The van der Waals surface area contributed by atoms with E-state index < -0.39 is 0 Å². The third-order valence-corrected chi connectivity index (χ3v) is 6.33. The predicted molar refractivity (Wildman–Crippen MR) is 104 cm³/mol. The van der Waals surface area contributed by atoms with Gasteiger partial charge in [0, 0.05) is 26.2 Å². The Balaban J connectivity index is 1.78. The number of hydrogen-bond acceptors (Lipinski definition) is 6. The fourth-order valence-corrected chi connectivity index (χ4v) is 4.91. The van der Waals surface area contributed by atoms with Gasteiger partial charge in [-0.3, -0.25) is 4.90 Å². The van der Waals surface area contributed by atoms with Crippen LogP contribution in [0.4, 0.5) is 0 Å². The molecule has 1 N–H and O–H groups in total. The molecule has 2 aromatic heterocycles. The van der Waals surface area contributed by atoms with E-state index in [9.17, 15) is 5.11 Å². The van der Waals surface area contributed by atoms with Gasteiger partial charge < -0.3 is 10.0 Å². The number of aromatic nitrogens is 3. The summed E-state index contributed by atoms with van der Waals surface area (Å²) >= 11 is 1.54. The van der Waals surface area contributed by atoms with Gasteiger partial charge in [-0.05, 0) is 31.5 Å². The van der Waals surface area contributed by atoms with E-state index in [0.29, 0.717) is 5.82 Å². The molecule has 0 radical (unpaired) electrons. The summed E-state index contributed by atoms with van der Waals surface area (Å²) in [5.41, 5.74) is 2.49. The Hall–Kier alpha value is -1.96. The molecule has 0 bridgehead atoms. The number of rotatable bonds is 4. The quantitative estimate of drug-likeness (QED) is 0.764. The van der Waals surface area contributed by atoms with Crippen molar-refractivity contribution in [2.45, 2.75) is 26.8 Å². The first kappa shape index (κ1) is 17.5. The van der Waals surface area contributed by atoms with E-state index in [0.717, 1.165) is 42.6 Å². The number of fused-ring (bicyclic) bond motifs is 1. The van der Waals surface area contributed by atoms with Gasteiger partial charge in [-0.2, -0.15) is 4.52 Å². The normalized spacial score (nSPS) is 17.8. The fraction of sp³-hybridized carbons (Fsp3) is 0.474. The molecule has 0 saturated carbocycles. The summed E-state index contributed by atoms with van der Waals surface area (Å²) in [4.78, 5) is 11.1. The Morgan fingerprint density at radius 2 is 1.88 bits per heavy atom. The van der Waals surface area contributed by atoms with Crippen LogP contribution in [0.15, 0.2) is 24.3 Å². The summed E-state index contributed by atoms with van der Waals surface area (Å²) in [6, 6.07) is 8.49. The minimum absolute atomic E-state index is 0.0315. The SMILES string of the molecule is CCN1CCN([C@@H](c2ccccc2C)c2sc3nc(C)nn3c2O)CC1. The molecule has 6 nitrogen and oxygen atoms in total. The second-order valence-corrected chi connectivity index (χ2v) is 7.88. The van der Waals surface area contributed by atoms with Crippen LogP contribution < -0.4 is 0 Å². The van der Waals surface area contributed by atoms with Gasteiger partial charge in [0.15, 0.2) is 0 Å². The number of aryl methyl sites for hydroxylation is 2. The van der Waals surface area contributed by atoms with Crippen molar-refractivity contribution in [2.24, 2.45) is 0 Å². The number of nitrogens with zero attached hydrogens (tertiary/aromatic N) is 5. The lowest BCUT2D eigenvalue weighted by molar-refractivity contribution is 0.113. The summed E-state index contributed by atoms with van der Waals surface area (Å²) in [5.74, 6) is 0.902. The Morgan fingerprint density at radius 3 is 2.54 bits per heavy atom. The summed E-state index contributed by atoms with van der Waals surface area (Å²) in [5, 5.41) is 15.2. The van der Waals surface area contributed by atoms with E-state index in [4.69, 9.17) is 0 Å². The van der Waals surface area contributed by atoms with Crippen LogP contribution in [0.3, 0.4) is 0 Å². The molecule has 1 aliphatic rings. The maximum absolute atomic E-state index is 10.9.